The number of fused-ring (bicyclic) bond motifs is 1. The van der Waals surface area contributed by atoms with Gasteiger partial charge in [-0.1, -0.05) is 68.5 Å². The van der Waals surface area contributed by atoms with E-state index in [1.54, 1.807) is 32.9 Å². The van der Waals surface area contributed by atoms with Crippen LogP contribution in [0.5, 0.6) is 5.75 Å². The van der Waals surface area contributed by atoms with Gasteiger partial charge in [-0.15, -0.1) is 0 Å². The first-order valence-electron chi connectivity index (χ1n) is 16.4. The molecule has 11 heteroatoms. The first-order valence-corrected chi connectivity index (χ1v) is 17.2. The van der Waals surface area contributed by atoms with E-state index in [1.807, 2.05) is 36.4 Å². The van der Waals surface area contributed by atoms with Crippen molar-refractivity contribution in [3.63, 3.8) is 0 Å². The number of amides is 2. The van der Waals surface area contributed by atoms with Crippen molar-refractivity contribution in [2.24, 2.45) is 11.8 Å². The van der Waals surface area contributed by atoms with E-state index >= 15 is 0 Å². The van der Waals surface area contributed by atoms with Gasteiger partial charge in [-0.25, -0.2) is 9.36 Å². The van der Waals surface area contributed by atoms with Gasteiger partial charge in [0.25, 0.3) is 0 Å². The summed E-state index contributed by atoms with van der Waals surface area (Å²) in [6.07, 6.45) is 4.68. The molecule has 2 aromatic carbocycles. The van der Waals surface area contributed by atoms with Gasteiger partial charge in [0.05, 0.1) is 30.9 Å². The molecule has 0 aliphatic heterocycles. The molecule has 4 N–H and O–H groups in total. The molecule has 2 aliphatic carbocycles. The molecule has 10 nitrogen and oxygen atoms in total. The van der Waals surface area contributed by atoms with Crippen molar-refractivity contribution in [2.75, 3.05) is 13.2 Å². The number of nitrogens with one attached hydrogen (secondary N) is 2. The molecule has 2 aliphatic rings. The second-order valence-electron chi connectivity index (χ2n) is 13.6. The van der Waals surface area contributed by atoms with E-state index in [2.05, 4.69) is 10.6 Å². The van der Waals surface area contributed by atoms with Crippen LogP contribution in [0.1, 0.15) is 88.4 Å². The Bertz CT molecular complexity index is 1280. The first-order chi connectivity index (χ1) is 22.0. The number of hydrogen-bond acceptors (Lipinski definition) is 8. The second kappa shape index (κ2) is 17.2. The Balaban J connectivity index is 1.52. The molecule has 0 aromatic heterocycles. The number of carbonyl (C=O) groups is 2. The Kier molecular flexibility index (Phi) is 13.4. The summed E-state index contributed by atoms with van der Waals surface area (Å²) in [5.74, 6) is 0.0471. The molecule has 252 valence electrons. The maximum atomic E-state index is 14.0. The van der Waals surface area contributed by atoms with E-state index in [-0.39, 0.29) is 25.5 Å². The molecule has 1 saturated carbocycles. The van der Waals surface area contributed by atoms with Crippen molar-refractivity contribution in [2.45, 2.75) is 108 Å². The monoisotopic (exact) mass is 656 g/mol. The zero-order chi connectivity index (χ0) is 33.1. The van der Waals surface area contributed by atoms with Crippen LogP contribution in [0.2, 0.25) is 0 Å². The lowest BCUT2D eigenvalue weighted by molar-refractivity contribution is -0.127. The molecule has 1 fully saturated rings. The van der Waals surface area contributed by atoms with Gasteiger partial charge in [0.1, 0.15) is 18.0 Å². The number of alkyl carbamates (subject to hydrolysis) is 1. The standard InChI is InChI=1S/C35H49N2O8P/c1-35(2,3)45-34(41)36-29(20-23-9-5-4-6-10-23)30(38)22-26(19-24-13-15-27(16-14-24)43-17-18-44-46-42)33(40)37-32-28-12-8-7-11-25(28)21-31(32)39/h7-8,11-16,23,26,29-32,38-39H,4-6,9-10,17-22H2,1-3H3,(H,36,41)(H,37,40)/t26?,29?,30?,31-,32-/m0/s1. The summed E-state index contributed by atoms with van der Waals surface area (Å²) in [6.45, 7) is 5.81. The molecule has 3 unspecified atom stereocenters. The SMILES string of the molecule is CC(C)(C)OC(=O)NC(CC1CCCCC1)C(O)CC(Cc1ccc(OCCOP=O)cc1)C(=O)N[C@H]1c2ccccc2C[C@@H]1O. The fourth-order valence-corrected chi connectivity index (χ4v) is 6.70. The normalized spacial score (nSPS) is 20.4. The number of aliphatic hydroxyl groups is 2. The van der Waals surface area contributed by atoms with Crippen LogP contribution < -0.4 is 15.4 Å². The summed E-state index contributed by atoms with van der Waals surface area (Å²) in [5, 5.41) is 28.5. The lowest BCUT2D eigenvalue weighted by Crippen LogP contribution is -2.48. The molecule has 0 saturated heterocycles. The highest BCUT2D eigenvalue weighted by Crippen LogP contribution is 2.33. The maximum absolute atomic E-state index is 14.0. The van der Waals surface area contributed by atoms with Crippen LogP contribution in [-0.4, -0.2) is 59.3 Å². The molecule has 46 heavy (non-hydrogen) atoms. The maximum Gasteiger partial charge on any atom is 0.407 e. The third-order valence-electron chi connectivity index (χ3n) is 8.78. The van der Waals surface area contributed by atoms with Crippen molar-refractivity contribution in [1.82, 2.24) is 10.6 Å². The van der Waals surface area contributed by atoms with Crippen molar-refractivity contribution in [1.29, 1.82) is 0 Å². The summed E-state index contributed by atoms with van der Waals surface area (Å²) in [7, 11) is -0.396. The molecule has 4 rings (SSSR count). The number of hydrogen-bond donors (Lipinski definition) is 4. The third-order valence-corrected chi connectivity index (χ3v) is 9.07. The fraction of sp³-hybridized carbons (Fsp3) is 0.600. The summed E-state index contributed by atoms with van der Waals surface area (Å²) in [5.41, 5.74) is 2.07. The number of benzene rings is 2. The van der Waals surface area contributed by atoms with Crippen LogP contribution >= 0.6 is 8.69 Å². The summed E-state index contributed by atoms with van der Waals surface area (Å²) < 4.78 is 26.4. The molecular formula is C35H49N2O8P. The summed E-state index contributed by atoms with van der Waals surface area (Å²) >= 11 is 0. The van der Waals surface area contributed by atoms with Crippen LogP contribution in [0, 0.1) is 11.8 Å². The van der Waals surface area contributed by atoms with Gasteiger partial charge in [-0.3, -0.25) is 9.32 Å². The fourth-order valence-electron chi connectivity index (χ4n) is 6.55. The molecule has 0 bridgehead atoms. The minimum Gasteiger partial charge on any atom is -0.491 e. The van der Waals surface area contributed by atoms with E-state index in [4.69, 9.17) is 14.0 Å². The highest BCUT2D eigenvalue weighted by atomic mass is 31.1. The number of rotatable bonds is 15. The average molecular weight is 657 g/mol. The Morgan fingerprint density at radius 2 is 1.74 bits per heavy atom. The van der Waals surface area contributed by atoms with Crippen molar-refractivity contribution < 1.29 is 38.4 Å². The predicted octanol–water partition coefficient (Wildman–Crippen LogP) is 5.84. The molecule has 2 amide bonds. The van der Waals surface area contributed by atoms with E-state index in [1.165, 1.54) is 6.42 Å². The van der Waals surface area contributed by atoms with Crippen LogP contribution in [-0.2, 0) is 31.5 Å². The second-order valence-corrected chi connectivity index (χ2v) is 14.0. The highest BCUT2D eigenvalue weighted by Gasteiger charge is 2.36. The first kappa shape index (κ1) is 35.8. The highest BCUT2D eigenvalue weighted by molar-refractivity contribution is 7.17. The number of aliphatic hydroxyl groups excluding tert-OH is 2. The van der Waals surface area contributed by atoms with Crippen LogP contribution in [0.25, 0.3) is 0 Å². The van der Waals surface area contributed by atoms with E-state index in [0.717, 1.165) is 42.4 Å². The van der Waals surface area contributed by atoms with Crippen LogP contribution in [0.4, 0.5) is 4.79 Å². The lowest BCUT2D eigenvalue weighted by atomic mass is 9.82. The van der Waals surface area contributed by atoms with Crippen molar-refractivity contribution >= 4 is 20.7 Å². The van der Waals surface area contributed by atoms with Crippen LogP contribution in [0.15, 0.2) is 48.5 Å². The average Bonchev–Trinajstić information content (AvgIpc) is 3.33. The Labute approximate surface area is 273 Å². The van der Waals surface area contributed by atoms with Gasteiger partial charge < -0.3 is 30.3 Å². The van der Waals surface area contributed by atoms with Gasteiger partial charge >= 0.3 is 14.8 Å². The Morgan fingerprint density at radius 3 is 2.43 bits per heavy atom. The van der Waals surface area contributed by atoms with Crippen molar-refractivity contribution in [3.05, 3.63) is 65.2 Å². The van der Waals surface area contributed by atoms with Gasteiger partial charge in [0.2, 0.25) is 5.91 Å². The van der Waals surface area contributed by atoms with E-state index < -0.39 is 50.6 Å². The Morgan fingerprint density at radius 1 is 1.02 bits per heavy atom. The van der Waals surface area contributed by atoms with Crippen LogP contribution in [0.3, 0.4) is 0 Å². The largest absolute Gasteiger partial charge is 0.491 e. The Hall–Kier alpha value is -3.04. The van der Waals surface area contributed by atoms with Gasteiger partial charge in [-0.2, -0.15) is 0 Å². The van der Waals surface area contributed by atoms with E-state index in [0.29, 0.717) is 30.9 Å². The van der Waals surface area contributed by atoms with Gasteiger partial charge in [-0.05, 0) is 74.8 Å². The number of ether oxygens (including phenoxy) is 2. The molecule has 0 spiro atoms. The molecule has 0 radical (unpaired) electrons. The summed E-state index contributed by atoms with van der Waals surface area (Å²) in [4.78, 5) is 26.8. The zero-order valence-electron chi connectivity index (χ0n) is 27.2. The topological polar surface area (TPSA) is 143 Å². The van der Waals surface area contributed by atoms with Gasteiger partial charge in [0.15, 0.2) is 0 Å². The molecular weight excluding hydrogens is 607 g/mol. The summed E-state index contributed by atoms with van der Waals surface area (Å²) in [6, 6.07) is 13.9. The van der Waals surface area contributed by atoms with Gasteiger partial charge in [0, 0.05) is 12.3 Å². The molecule has 2 aromatic rings. The quantitative estimate of drug-likeness (QED) is 0.138. The molecule has 5 atom stereocenters. The number of carbonyl (C=O) groups excluding carboxylic acids is 2. The zero-order valence-corrected chi connectivity index (χ0v) is 28.0. The smallest absolute Gasteiger partial charge is 0.407 e. The van der Waals surface area contributed by atoms with E-state index in [9.17, 15) is 24.4 Å². The van der Waals surface area contributed by atoms with Crippen molar-refractivity contribution in [3.8, 4) is 5.75 Å². The molecule has 0 heterocycles. The third kappa shape index (κ3) is 11.0. The minimum absolute atomic E-state index is 0.105. The predicted molar refractivity (Wildman–Crippen MR) is 175 cm³/mol. The lowest BCUT2D eigenvalue weighted by Gasteiger charge is -2.32. The minimum atomic E-state index is -1.01.